The Morgan fingerprint density at radius 1 is 1.00 bits per heavy atom. The van der Waals surface area contributed by atoms with Gasteiger partial charge in [-0.25, -0.2) is 9.79 Å². The molecule has 2 heterocycles. The Kier molecular flexibility index (Phi) is 9.25. The van der Waals surface area contributed by atoms with Gasteiger partial charge in [0.2, 0.25) is 0 Å². The third kappa shape index (κ3) is 6.42. The van der Waals surface area contributed by atoms with Crippen LogP contribution in [-0.2, 0) is 14.3 Å². The fourth-order valence-corrected chi connectivity index (χ4v) is 5.89. The van der Waals surface area contributed by atoms with Crippen LogP contribution in [0.2, 0.25) is 0 Å². The second-order valence-electron chi connectivity index (χ2n) is 9.68. The number of hydrogen-bond acceptors (Lipinski definition) is 9. The predicted octanol–water partition coefficient (Wildman–Crippen LogP) is 3.83. The number of para-hydroxylation sites is 1. The molecule has 44 heavy (non-hydrogen) atoms. The molecular formula is C33H31N3O7S. The SMILES string of the molecule is CCOC(=O)COc1ccc(/C=c2\sc3n(c2=O)[C@H](c2cccc(OC)c2)C(C(=O)Nc2ccccc2)=C(C)N=3)cc1OC. The van der Waals surface area contributed by atoms with E-state index in [0.29, 0.717) is 54.7 Å². The number of esters is 1. The molecule has 1 amide bonds. The summed E-state index contributed by atoms with van der Waals surface area (Å²) in [5.41, 5.74) is 2.55. The summed E-state index contributed by atoms with van der Waals surface area (Å²) in [5.74, 6) is 0.502. The van der Waals surface area contributed by atoms with E-state index < -0.39 is 12.0 Å². The quantitative estimate of drug-likeness (QED) is 0.270. The van der Waals surface area contributed by atoms with Crippen LogP contribution in [-0.4, -0.2) is 43.9 Å². The number of nitrogens with one attached hydrogen (secondary N) is 1. The molecule has 1 aliphatic heterocycles. The molecule has 1 aromatic heterocycles. The van der Waals surface area contributed by atoms with Crippen molar-refractivity contribution in [2.24, 2.45) is 4.99 Å². The molecule has 3 aromatic carbocycles. The minimum absolute atomic E-state index is 0.257. The Bertz CT molecular complexity index is 1910. The number of amides is 1. The molecule has 0 spiro atoms. The number of nitrogens with zero attached hydrogens (tertiary/aromatic N) is 2. The van der Waals surface area contributed by atoms with Crippen LogP contribution < -0.4 is 34.4 Å². The number of fused-ring (bicyclic) bond motifs is 1. The minimum Gasteiger partial charge on any atom is -0.497 e. The normalized spacial score (nSPS) is 14.4. The van der Waals surface area contributed by atoms with Gasteiger partial charge in [-0.1, -0.05) is 47.7 Å². The van der Waals surface area contributed by atoms with Gasteiger partial charge in [0.15, 0.2) is 22.9 Å². The molecule has 1 atom stereocenters. The second kappa shape index (κ2) is 13.4. The molecule has 226 valence electrons. The minimum atomic E-state index is -0.750. The van der Waals surface area contributed by atoms with Crippen molar-refractivity contribution in [2.45, 2.75) is 19.9 Å². The van der Waals surface area contributed by atoms with Gasteiger partial charge in [0.05, 0.1) is 42.7 Å². The third-order valence-corrected chi connectivity index (χ3v) is 7.83. The van der Waals surface area contributed by atoms with Crippen LogP contribution in [0, 0.1) is 0 Å². The number of ether oxygens (including phenoxy) is 4. The van der Waals surface area contributed by atoms with Crippen molar-refractivity contribution in [1.29, 1.82) is 0 Å². The number of carbonyl (C=O) groups is 2. The highest BCUT2D eigenvalue weighted by Crippen LogP contribution is 2.33. The maximum atomic E-state index is 14.0. The molecule has 11 heteroatoms. The summed E-state index contributed by atoms with van der Waals surface area (Å²) in [7, 11) is 3.05. The number of thiazole rings is 1. The van der Waals surface area contributed by atoms with Crippen molar-refractivity contribution in [1.82, 2.24) is 4.57 Å². The fraction of sp³-hybridized carbons (Fsp3) is 0.212. The standard InChI is InChI=1S/C33H31N3O7S/c1-5-42-28(37)19-43-25-15-14-21(16-26(25)41-4)17-27-32(39)36-30(22-10-9-13-24(18-22)40-3)29(20(2)34-33(36)44-27)31(38)35-23-11-7-6-8-12-23/h6-18,30H,5,19H2,1-4H3,(H,35,38)/b27-17-/t30-/m1/s1. The predicted molar refractivity (Wildman–Crippen MR) is 167 cm³/mol. The lowest BCUT2D eigenvalue weighted by Crippen LogP contribution is -2.40. The average molecular weight is 614 g/mol. The molecular weight excluding hydrogens is 582 g/mol. The Balaban J connectivity index is 1.57. The summed E-state index contributed by atoms with van der Waals surface area (Å²) in [6.45, 7) is 3.49. The Morgan fingerprint density at radius 3 is 2.52 bits per heavy atom. The Morgan fingerprint density at radius 2 is 1.80 bits per heavy atom. The highest BCUT2D eigenvalue weighted by Gasteiger charge is 2.32. The third-order valence-electron chi connectivity index (χ3n) is 6.84. The fourth-order valence-electron chi connectivity index (χ4n) is 4.84. The zero-order chi connectivity index (χ0) is 31.2. The molecule has 1 aliphatic rings. The number of hydrogen-bond donors (Lipinski definition) is 1. The van der Waals surface area contributed by atoms with Crippen LogP contribution in [0.15, 0.2) is 93.9 Å². The van der Waals surface area contributed by atoms with Gasteiger partial charge < -0.3 is 24.3 Å². The molecule has 0 fully saturated rings. The van der Waals surface area contributed by atoms with Gasteiger partial charge in [-0.15, -0.1) is 0 Å². The van der Waals surface area contributed by atoms with E-state index in [1.807, 2.05) is 36.4 Å². The highest BCUT2D eigenvalue weighted by molar-refractivity contribution is 7.07. The number of anilines is 1. The van der Waals surface area contributed by atoms with Crippen molar-refractivity contribution in [3.8, 4) is 17.2 Å². The van der Waals surface area contributed by atoms with Crippen LogP contribution in [0.1, 0.15) is 31.0 Å². The zero-order valence-electron chi connectivity index (χ0n) is 24.7. The maximum Gasteiger partial charge on any atom is 0.344 e. The molecule has 5 rings (SSSR count). The first-order valence-electron chi connectivity index (χ1n) is 13.8. The molecule has 0 aliphatic carbocycles. The van der Waals surface area contributed by atoms with Crippen LogP contribution >= 0.6 is 11.3 Å². The van der Waals surface area contributed by atoms with Crippen LogP contribution in [0.25, 0.3) is 6.08 Å². The van der Waals surface area contributed by atoms with Crippen LogP contribution in [0.5, 0.6) is 17.2 Å². The van der Waals surface area contributed by atoms with Crippen molar-refractivity contribution in [3.63, 3.8) is 0 Å². The molecule has 4 aromatic rings. The Hall–Kier alpha value is -5.16. The molecule has 1 N–H and O–H groups in total. The van der Waals surface area contributed by atoms with Crippen molar-refractivity contribution in [3.05, 3.63) is 115 Å². The first-order chi connectivity index (χ1) is 21.3. The van der Waals surface area contributed by atoms with Crippen LogP contribution in [0.4, 0.5) is 5.69 Å². The van der Waals surface area contributed by atoms with Crippen LogP contribution in [0.3, 0.4) is 0 Å². The van der Waals surface area contributed by atoms with E-state index in [9.17, 15) is 14.4 Å². The number of carbonyl (C=O) groups excluding carboxylic acids is 2. The second-order valence-corrected chi connectivity index (χ2v) is 10.7. The van der Waals surface area contributed by atoms with Gasteiger partial charge in [-0.2, -0.15) is 0 Å². The number of aromatic nitrogens is 1. The summed E-state index contributed by atoms with van der Waals surface area (Å²) in [6, 6.07) is 20.8. The number of benzene rings is 3. The smallest absolute Gasteiger partial charge is 0.344 e. The van der Waals surface area contributed by atoms with E-state index in [-0.39, 0.29) is 24.7 Å². The lowest BCUT2D eigenvalue weighted by atomic mass is 9.95. The Labute approximate surface area is 257 Å². The van der Waals surface area contributed by atoms with Crippen molar-refractivity contribution in [2.75, 3.05) is 32.8 Å². The van der Waals surface area contributed by atoms with E-state index in [1.165, 1.54) is 18.4 Å². The van der Waals surface area contributed by atoms with E-state index in [1.54, 1.807) is 68.0 Å². The average Bonchev–Trinajstić information content (AvgIpc) is 3.33. The van der Waals surface area contributed by atoms with Gasteiger partial charge in [-0.3, -0.25) is 14.2 Å². The van der Waals surface area contributed by atoms with Gasteiger partial charge in [-0.05, 0) is 67.4 Å². The summed E-state index contributed by atoms with van der Waals surface area (Å²) < 4.78 is 23.4. The highest BCUT2D eigenvalue weighted by atomic mass is 32.1. The molecule has 0 saturated heterocycles. The summed E-state index contributed by atoms with van der Waals surface area (Å²) in [5, 5.41) is 2.95. The molecule has 0 radical (unpaired) electrons. The van der Waals surface area contributed by atoms with E-state index in [2.05, 4.69) is 5.32 Å². The van der Waals surface area contributed by atoms with E-state index >= 15 is 0 Å². The summed E-state index contributed by atoms with van der Waals surface area (Å²) >= 11 is 1.22. The molecule has 0 saturated carbocycles. The largest absolute Gasteiger partial charge is 0.497 e. The van der Waals surface area contributed by atoms with Gasteiger partial charge >= 0.3 is 5.97 Å². The number of methoxy groups -OCH3 is 2. The lowest BCUT2D eigenvalue weighted by molar-refractivity contribution is -0.145. The number of allylic oxidation sites excluding steroid dienone is 1. The number of rotatable bonds is 10. The van der Waals surface area contributed by atoms with Crippen molar-refractivity contribution >= 4 is 35.0 Å². The summed E-state index contributed by atoms with van der Waals surface area (Å²) in [4.78, 5) is 44.7. The maximum absolute atomic E-state index is 14.0. The van der Waals surface area contributed by atoms with Gasteiger partial charge in [0.25, 0.3) is 11.5 Å². The monoisotopic (exact) mass is 613 g/mol. The topological polar surface area (TPSA) is 117 Å². The van der Waals surface area contributed by atoms with Gasteiger partial charge in [0, 0.05) is 5.69 Å². The first-order valence-corrected chi connectivity index (χ1v) is 14.6. The zero-order valence-corrected chi connectivity index (χ0v) is 25.5. The van der Waals surface area contributed by atoms with E-state index in [0.717, 1.165) is 0 Å². The molecule has 0 unspecified atom stereocenters. The van der Waals surface area contributed by atoms with E-state index in [4.69, 9.17) is 23.9 Å². The van der Waals surface area contributed by atoms with Gasteiger partial charge in [0.1, 0.15) is 5.75 Å². The van der Waals surface area contributed by atoms with Crippen molar-refractivity contribution < 1.29 is 28.5 Å². The first kappa shape index (κ1) is 30.3. The lowest BCUT2D eigenvalue weighted by Gasteiger charge is -2.25. The summed E-state index contributed by atoms with van der Waals surface area (Å²) in [6.07, 6.45) is 1.73. The molecule has 0 bridgehead atoms. The molecule has 10 nitrogen and oxygen atoms in total.